The molecule has 0 aliphatic heterocycles. The van der Waals surface area contributed by atoms with E-state index >= 15 is 0 Å². The molecule has 1 saturated carbocycles. The van der Waals surface area contributed by atoms with E-state index < -0.39 is 0 Å². The predicted octanol–water partition coefficient (Wildman–Crippen LogP) is 1.58. The fourth-order valence-electron chi connectivity index (χ4n) is 1.48. The molecule has 0 aromatic rings. The van der Waals surface area contributed by atoms with E-state index in [0.29, 0.717) is 18.2 Å². The summed E-state index contributed by atoms with van der Waals surface area (Å²) in [4.78, 5) is 0. The van der Waals surface area contributed by atoms with Gasteiger partial charge in [-0.3, -0.25) is 0 Å². The van der Waals surface area contributed by atoms with Gasteiger partial charge in [0.25, 0.3) is 0 Å². The van der Waals surface area contributed by atoms with Gasteiger partial charge in [-0.2, -0.15) is 0 Å². The van der Waals surface area contributed by atoms with Crippen LogP contribution in [0.25, 0.3) is 0 Å². The molecule has 1 fully saturated rings. The number of hydrogen-bond donors (Lipinski definition) is 2. The number of hydrogen-bond acceptors (Lipinski definition) is 3. The average Bonchev–Trinajstić information content (AvgIpc) is 2.84. The number of nitrogens with two attached hydrogens (primary N) is 1. The second kappa shape index (κ2) is 4.64. The first-order valence-corrected chi connectivity index (χ1v) is 5.12. The van der Waals surface area contributed by atoms with Crippen molar-refractivity contribution < 1.29 is 9.94 Å². The van der Waals surface area contributed by atoms with Crippen molar-refractivity contribution in [2.45, 2.75) is 33.1 Å². The van der Waals surface area contributed by atoms with Crippen molar-refractivity contribution in [2.24, 2.45) is 22.2 Å². The molecule has 0 aromatic heterocycles. The molecule has 0 atom stereocenters. The van der Waals surface area contributed by atoms with E-state index in [9.17, 15) is 0 Å². The molecule has 14 heavy (non-hydrogen) atoms. The van der Waals surface area contributed by atoms with Crippen LogP contribution in [-0.4, -0.2) is 24.3 Å². The maximum atomic E-state index is 8.46. The van der Waals surface area contributed by atoms with E-state index in [1.165, 1.54) is 0 Å². The summed E-state index contributed by atoms with van der Waals surface area (Å²) in [5.74, 6) is 0.880. The number of ether oxygens (including phenoxy) is 1. The van der Waals surface area contributed by atoms with Crippen LogP contribution >= 0.6 is 0 Å². The summed E-state index contributed by atoms with van der Waals surface area (Å²) in [7, 11) is 0. The molecule has 1 rings (SSSR count). The van der Waals surface area contributed by atoms with Gasteiger partial charge >= 0.3 is 0 Å². The second-order valence-corrected chi connectivity index (χ2v) is 4.68. The highest BCUT2D eigenvalue weighted by Crippen LogP contribution is 2.48. The van der Waals surface area contributed by atoms with Crippen LogP contribution in [0.2, 0.25) is 0 Å². The minimum Gasteiger partial charge on any atom is -0.409 e. The van der Waals surface area contributed by atoms with Crippen LogP contribution in [0.15, 0.2) is 5.16 Å². The molecule has 3 N–H and O–H groups in total. The van der Waals surface area contributed by atoms with Gasteiger partial charge in [0, 0.05) is 18.4 Å². The lowest BCUT2D eigenvalue weighted by Gasteiger charge is -2.15. The molecular formula is C10H20N2O2. The average molecular weight is 200 g/mol. The molecule has 0 amide bonds. The predicted molar refractivity (Wildman–Crippen MR) is 55.3 cm³/mol. The van der Waals surface area contributed by atoms with Crippen LogP contribution in [0.3, 0.4) is 0 Å². The SMILES string of the molecule is CC(C)COCC1(CC(N)=NO)CC1. The lowest BCUT2D eigenvalue weighted by molar-refractivity contribution is 0.0731. The van der Waals surface area contributed by atoms with Crippen molar-refractivity contribution in [1.29, 1.82) is 0 Å². The molecular weight excluding hydrogens is 180 g/mol. The van der Waals surface area contributed by atoms with Gasteiger partial charge in [-0.1, -0.05) is 19.0 Å². The molecule has 0 radical (unpaired) electrons. The molecule has 0 saturated heterocycles. The number of oxime groups is 1. The minimum absolute atomic E-state index is 0.172. The molecule has 0 heterocycles. The molecule has 0 spiro atoms. The van der Waals surface area contributed by atoms with E-state index in [2.05, 4.69) is 19.0 Å². The van der Waals surface area contributed by atoms with Gasteiger partial charge in [0.1, 0.15) is 5.84 Å². The number of amidine groups is 1. The standard InChI is InChI=1S/C10H20N2O2/c1-8(2)6-14-7-10(3-4-10)5-9(11)12-13/h8,13H,3-7H2,1-2H3,(H2,11,12). The fourth-order valence-corrected chi connectivity index (χ4v) is 1.48. The molecule has 1 aliphatic rings. The first-order valence-electron chi connectivity index (χ1n) is 5.12. The van der Waals surface area contributed by atoms with Gasteiger partial charge in [0.2, 0.25) is 0 Å². The lowest BCUT2D eigenvalue weighted by atomic mass is 10.0. The van der Waals surface area contributed by atoms with Gasteiger partial charge in [-0.25, -0.2) is 0 Å². The Hall–Kier alpha value is -0.770. The van der Waals surface area contributed by atoms with E-state index in [1.807, 2.05) is 0 Å². The quantitative estimate of drug-likeness (QED) is 0.296. The van der Waals surface area contributed by atoms with Crippen LogP contribution in [0.4, 0.5) is 0 Å². The van der Waals surface area contributed by atoms with Gasteiger partial charge in [0.15, 0.2) is 0 Å². The zero-order chi connectivity index (χ0) is 10.6. The van der Waals surface area contributed by atoms with E-state index in [-0.39, 0.29) is 5.41 Å². The third kappa shape index (κ3) is 3.54. The third-order valence-corrected chi connectivity index (χ3v) is 2.50. The largest absolute Gasteiger partial charge is 0.409 e. The normalized spacial score (nSPS) is 20.1. The maximum Gasteiger partial charge on any atom is 0.139 e. The lowest BCUT2D eigenvalue weighted by Crippen LogP contribution is -2.22. The highest BCUT2D eigenvalue weighted by Gasteiger charge is 2.43. The van der Waals surface area contributed by atoms with Crippen molar-refractivity contribution in [3.63, 3.8) is 0 Å². The van der Waals surface area contributed by atoms with Crippen LogP contribution < -0.4 is 5.73 Å². The Bertz CT molecular complexity index is 210. The number of rotatable bonds is 6. The molecule has 0 unspecified atom stereocenters. The zero-order valence-electron chi connectivity index (χ0n) is 8.99. The summed E-state index contributed by atoms with van der Waals surface area (Å²) in [6, 6.07) is 0. The highest BCUT2D eigenvalue weighted by molar-refractivity contribution is 5.80. The Morgan fingerprint density at radius 3 is 2.64 bits per heavy atom. The smallest absolute Gasteiger partial charge is 0.139 e. The fraction of sp³-hybridized carbons (Fsp3) is 0.900. The molecule has 1 aliphatic carbocycles. The molecule has 82 valence electrons. The van der Waals surface area contributed by atoms with Crippen molar-refractivity contribution in [1.82, 2.24) is 0 Å². The molecule has 0 bridgehead atoms. The van der Waals surface area contributed by atoms with Crippen LogP contribution in [0.1, 0.15) is 33.1 Å². The Kier molecular flexibility index (Phi) is 3.75. The highest BCUT2D eigenvalue weighted by atomic mass is 16.5. The van der Waals surface area contributed by atoms with Crippen molar-refractivity contribution in [2.75, 3.05) is 13.2 Å². The first kappa shape index (κ1) is 11.3. The molecule has 4 heteroatoms. The Balaban J connectivity index is 2.22. The maximum absolute atomic E-state index is 8.46. The van der Waals surface area contributed by atoms with E-state index in [1.54, 1.807) is 0 Å². The Morgan fingerprint density at radius 2 is 2.21 bits per heavy atom. The van der Waals surface area contributed by atoms with E-state index in [0.717, 1.165) is 26.1 Å². The summed E-state index contributed by atoms with van der Waals surface area (Å²) < 4.78 is 5.58. The molecule has 0 aromatic carbocycles. The van der Waals surface area contributed by atoms with Crippen molar-refractivity contribution in [3.05, 3.63) is 0 Å². The summed E-state index contributed by atoms with van der Waals surface area (Å²) in [6.07, 6.45) is 2.91. The molecule has 4 nitrogen and oxygen atoms in total. The number of nitrogens with zero attached hydrogens (tertiary/aromatic N) is 1. The van der Waals surface area contributed by atoms with Crippen LogP contribution in [0.5, 0.6) is 0 Å². The van der Waals surface area contributed by atoms with Crippen LogP contribution in [-0.2, 0) is 4.74 Å². The third-order valence-electron chi connectivity index (χ3n) is 2.50. The van der Waals surface area contributed by atoms with Crippen molar-refractivity contribution in [3.8, 4) is 0 Å². The summed E-state index contributed by atoms with van der Waals surface area (Å²) in [5, 5.41) is 11.5. The minimum atomic E-state index is 0.172. The van der Waals surface area contributed by atoms with Crippen LogP contribution in [0, 0.1) is 11.3 Å². The zero-order valence-corrected chi connectivity index (χ0v) is 8.99. The topological polar surface area (TPSA) is 67.8 Å². The second-order valence-electron chi connectivity index (χ2n) is 4.68. The van der Waals surface area contributed by atoms with Gasteiger partial charge < -0.3 is 15.7 Å². The summed E-state index contributed by atoms with van der Waals surface area (Å²) in [5.41, 5.74) is 5.65. The van der Waals surface area contributed by atoms with E-state index in [4.69, 9.17) is 15.7 Å². The van der Waals surface area contributed by atoms with Gasteiger partial charge in [0.05, 0.1) is 6.61 Å². The first-order chi connectivity index (χ1) is 6.58. The Labute approximate surface area is 85.1 Å². The monoisotopic (exact) mass is 200 g/mol. The Morgan fingerprint density at radius 1 is 1.57 bits per heavy atom. The summed E-state index contributed by atoms with van der Waals surface area (Å²) >= 11 is 0. The van der Waals surface area contributed by atoms with Crippen molar-refractivity contribution >= 4 is 5.84 Å². The summed E-state index contributed by atoms with van der Waals surface area (Å²) in [6.45, 7) is 5.78. The van der Waals surface area contributed by atoms with Gasteiger partial charge in [-0.05, 0) is 18.8 Å². The van der Waals surface area contributed by atoms with Gasteiger partial charge in [-0.15, -0.1) is 0 Å².